The molecule has 1 aliphatic rings. The van der Waals surface area contributed by atoms with Crippen LogP contribution in [0.2, 0.25) is 0 Å². The number of benzene rings is 2. The predicted octanol–water partition coefficient (Wildman–Crippen LogP) is 4.58. The number of methoxy groups -OCH3 is 1. The number of imide groups is 1. The number of hydrogen-bond acceptors (Lipinski definition) is 7. The Morgan fingerprint density at radius 1 is 1.08 bits per heavy atom. The van der Waals surface area contributed by atoms with E-state index in [4.69, 9.17) is 0 Å². The number of carbonyl (C=O) groups is 5. The number of nitrogens with zero attached hydrogens (tertiary/aromatic N) is 1. The molecule has 1 heterocycles. The highest BCUT2D eigenvalue weighted by atomic mass is 32.2. The smallest absolute Gasteiger partial charge is 0.411 e. The van der Waals surface area contributed by atoms with Crippen LogP contribution in [0.3, 0.4) is 0 Å². The summed E-state index contributed by atoms with van der Waals surface area (Å²) in [5.74, 6) is -2.06. The molecule has 0 radical (unpaired) electrons. The zero-order valence-corrected chi connectivity index (χ0v) is 20.5. The van der Waals surface area contributed by atoms with Crippen molar-refractivity contribution in [1.29, 1.82) is 0 Å². The summed E-state index contributed by atoms with van der Waals surface area (Å²) in [6.07, 6.45) is 1.98. The second-order valence-corrected chi connectivity index (χ2v) is 8.76. The number of aromatic carboxylic acids is 1. The van der Waals surface area contributed by atoms with Crippen molar-refractivity contribution in [3.05, 3.63) is 64.1 Å². The van der Waals surface area contributed by atoms with Gasteiger partial charge in [0.1, 0.15) is 0 Å². The van der Waals surface area contributed by atoms with Crippen LogP contribution in [0.5, 0.6) is 0 Å². The first kappa shape index (κ1) is 26.5. The molecule has 1 fully saturated rings. The summed E-state index contributed by atoms with van der Waals surface area (Å²) in [6, 6.07) is 11.7. The van der Waals surface area contributed by atoms with Gasteiger partial charge in [0.15, 0.2) is 0 Å². The second kappa shape index (κ2) is 12.0. The van der Waals surface area contributed by atoms with Crippen LogP contribution in [0.4, 0.5) is 21.0 Å². The molecule has 2 aromatic rings. The lowest BCUT2D eigenvalue weighted by Gasteiger charge is -2.13. The monoisotopic (exact) mass is 511 g/mol. The molecule has 0 aromatic heterocycles. The average Bonchev–Trinajstić information content (AvgIpc) is 3.11. The number of carboxylic acid groups (broad SMARTS) is 1. The maximum Gasteiger partial charge on any atom is 0.411 e. The number of nitrogens with one attached hydrogen (secondary N) is 2. The Balaban J connectivity index is 1.56. The third-order valence-corrected chi connectivity index (χ3v) is 6.21. The van der Waals surface area contributed by atoms with Crippen LogP contribution >= 0.6 is 11.8 Å². The van der Waals surface area contributed by atoms with E-state index in [1.165, 1.54) is 23.8 Å². The average molecular weight is 512 g/mol. The van der Waals surface area contributed by atoms with Crippen molar-refractivity contribution in [1.82, 2.24) is 4.90 Å². The number of anilines is 2. The van der Waals surface area contributed by atoms with Gasteiger partial charge in [0.05, 0.1) is 23.3 Å². The molecule has 0 aliphatic carbocycles. The van der Waals surface area contributed by atoms with Gasteiger partial charge in [0, 0.05) is 18.7 Å². The zero-order chi connectivity index (χ0) is 26.2. The molecule has 4 amide bonds. The lowest BCUT2D eigenvalue weighted by molar-refractivity contribution is -0.123. The Bertz CT molecular complexity index is 1220. The van der Waals surface area contributed by atoms with Gasteiger partial charge in [-0.3, -0.25) is 24.6 Å². The highest BCUT2D eigenvalue weighted by Crippen LogP contribution is 2.32. The van der Waals surface area contributed by atoms with Crippen LogP contribution in [0.15, 0.2) is 47.4 Å². The minimum absolute atomic E-state index is 0.0136. The van der Waals surface area contributed by atoms with Crippen LogP contribution in [-0.2, 0) is 20.7 Å². The molecular formula is C25H25N3O7S. The molecule has 2 aromatic carbocycles. The maximum atomic E-state index is 12.7. The molecular weight excluding hydrogens is 486 g/mol. The minimum atomic E-state index is -1.26. The Morgan fingerprint density at radius 3 is 2.44 bits per heavy atom. The van der Waals surface area contributed by atoms with E-state index in [0.717, 1.165) is 35.8 Å². The van der Waals surface area contributed by atoms with E-state index >= 15 is 0 Å². The summed E-state index contributed by atoms with van der Waals surface area (Å²) >= 11 is 0.865. The lowest BCUT2D eigenvalue weighted by atomic mass is 10.1. The summed E-state index contributed by atoms with van der Waals surface area (Å²) in [6.45, 7) is 2.13. The quantitative estimate of drug-likeness (QED) is 0.415. The Morgan fingerprint density at radius 2 is 1.81 bits per heavy atom. The Kier molecular flexibility index (Phi) is 8.85. The summed E-state index contributed by atoms with van der Waals surface area (Å²) in [5.41, 5.74) is 2.05. The van der Waals surface area contributed by atoms with Crippen LogP contribution in [0.25, 0.3) is 6.08 Å². The van der Waals surface area contributed by atoms with E-state index in [0.29, 0.717) is 4.91 Å². The van der Waals surface area contributed by atoms with E-state index in [-0.39, 0.29) is 41.6 Å². The van der Waals surface area contributed by atoms with E-state index in [9.17, 15) is 29.1 Å². The van der Waals surface area contributed by atoms with Gasteiger partial charge in [-0.15, -0.1) is 0 Å². The highest BCUT2D eigenvalue weighted by Gasteiger charge is 2.34. The van der Waals surface area contributed by atoms with Gasteiger partial charge < -0.3 is 15.2 Å². The number of ether oxygens (including phenoxy) is 1. The maximum absolute atomic E-state index is 12.7. The molecule has 0 spiro atoms. The molecule has 188 valence electrons. The van der Waals surface area contributed by atoms with E-state index in [1.807, 2.05) is 24.3 Å². The van der Waals surface area contributed by atoms with E-state index in [2.05, 4.69) is 22.3 Å². The standard InChI is InChI=1S/C25H25N3O7S/c1-3-15-6-8-16(9-7-15)13-20-22(30)28(25(34)36-20)12-4-5-21(29)26-17-10-11-18(23(31)32)19(14-17)27-24(33)35-2/h6-11,13-14H,3-5,12H2,1-2H3,(H,26,29)(H,27,33)(H,31,32)/b20-13-. The number of hydrogen-bond donors (Lipinski definition) is 3. The number of carbonyl (C=O) groups excluding carboxylic acids is 4. The lowest BCUT2D eigenvalue weighted by Crippen LogP contribution is -2.29. The topological polar surface area (TPSA) is 142 Å². The minimum Gasteiger partial charge on any atom is -0.478 e. The van der Waals surface area contributed by atoms with Gasteiger partial charge in [-0.2, -0.15) is 0 Å². The Labute approximate surface area is 211 Å². The van der Waals surface area contributed by atoms with Crippen LogP contribution < -0.4 is 10.6 Å². The molecule has 3 rings (SSSR count). The van der Waals surface area contributed by atoms with Gasteiger partial charge in [-0.1, -0.05) is 31.2 Å². The fourth-order valence-corrected chi connectivity index (χ4v) is 4.25. The third kappa shape index (κ3) is 6.72. The number of amides is 4. The van der Waals surface area contributed by atoms with Gasteiger partial charge >= 0.3 is 12.1 Å². The normalized spacial score (nSPS) is 14.2. The predicted molar refractivity (Wildman–Crippen MR) is 136 cm³/mol. The van der Waals surface area contributed by atoms with Crippen molar-refractivity contribution in [3.8, 4) is 0 Å². The van der Waals surface area contributed by atoms with Crippen LogP contribution in [-0.4, -0.2) is 52.8 Å². The molecule has 10 nitrogen and oxygen atoms in total. The molecule has 3 N–H and O–H groups in total. The van der Waals surface area contributed by atoms with Crippen LogP contribution in [0, 0.1) is 0 Å². The SMILES string of the molecule is CCc1ccc(/C=C2\SC(=O)N(CCCC(=O)Nc3ccc(C(=O)O)c(NC(=O)OC)c3)C2=O)cc1. The van der Waals surface area contributed by atoms with Crippen molar-refractivity contribution in [2.24, 2.45) is 0 Å². The molecule has 11 heteroatoms. The number of aryl methyl sites for hydroxylation is 1. The first-order valence-electron chi connectivity index (χ1n) is 11.1. The van der Waals surface area contributed by atoms with Crippen LogP contribution in [0.1, 0.15) is 41.3 Å². The van der Waals surface area contributed by atoms with Crippen molar-refractivity contribution in [2.75, 3.05) is 24.3 Å². The summed E-state index contributed by atoms with van der Waals surface area (Å²) in [4.78, 5) is 61.6. The van der Waals surface area contributed by atoms with Crippen molar-refractivity contribution in [3.63, 3.8) is 0 Å². The number of thioether (sulfide) groups is 1. The van der Waals surface area contributed by atoms with Crippen molar-refractivity contribution < 1.29 is 33.8 Å². The fraction of sp³-hybridized carbons (Fsp3) is 0.240. The molecule has 0 unspecified atom stereocenters. The first-order chi connectivity index (χ1) is 17.2. The molecule has 1 saturated heterocycles. The third-order valence-electron chi connectivity index (χ3n) is 5.30. The van der Waals surface area contributed by atoms with Gasteiger partial charge in [0.25, 0.3) is 11.1 Å². The molecule has 0 saturated carbocycles. The Hall–Kier alpha value is -4.12. The number of carboxylic acids is 1. The van der Waals surface area contributed by atoms with Crippen molar-refractivity contribution >= 4 is 58.3 Å². The molecule has 0 bridgehead atoms. The summed E-state index contributed by atoms with van der Waals surface area (Å²) in [7, 11) is 1.14. The second-order valence-electron chi connectivity index (χ2n) is 7.76. The van der Waals surface area contributed by atoms with Gasteiger partial charge in [-0.05, 0) is 60.0 Å². The largest absolute Gasteiger partial charge is 0.478 e. The molecule has 36 heavy (non-hydrogen) atoms. The van der Waals surface area contributed by atoms with Gasteiger partial charge in [0.2, 0.25) is 5.91 Å². The summed E-state index contributed by atoms with van der Waals surface area (Å²) in [5, 5.41) is 13.8. The number of rotatable bonds is 9. The summed E-state index contributed by atoms with van der Waals surface area (Å²) < 4.78 is 4.48. The van der Waals surface area contributed by atoms with E-state index < -0.39 is 23.9 Å². The highest BCUT2D eigenvalue weighted by molar-refractivity contribution is 8.18. The van der Waals surface area contributed by atoms with Crippen molar-refractivity contribution in [2.45, 2.75) is 26.2 Å². The van der Waals surface area contributed by atoms with Gasteiger partial charge in [-0.25, -0.2) is 9.59 Å². The fourth-order valence-electron chi connectivity index (χ4n) is 3.39. The first-order valence-corrected chi connectivity index (χ1v) is 11.9. The molecule has 0 atom stereocenters. The molecule has 1 aliphatic heterocycles. The van der Waals surface area contributed by atoms with E-state index in [1.54, 1.807) is 6.08 Å². The zero-order valence-electron chi connectivity index (χ0n) is 19.7.